The molecular formula is C23H29N3O3. The summed E-state index contributed by atoms with van der Waals surface area (Å²) in [5.41, 5.74) is 3.24. The fourth-order valence-corrected chi connectivity index (χ4v) is 4.75. The zero-order valence-corrected chi connectivity index (χ0v) is 17.3. The van der Waals surface area contributed by atoms with E-state index in [9.17, 15) is 14.4 Å². The molecule has 6 nitrogen and oxygen atoms in total. The summed E-state index contributed by atoms with van der Waals surface area (Å²) in [5, 5.41) is 2.83. The number of aryl methyl sites for hydroxylation is 2. The van der Waals surface area contributed by atoms with Gasteiger partial charge in [0.25, 0.3) is 5.91 Å². The van der Waals surface area contributed by atoms with E-state index in [4.69, 9.17) is 0 Å². The molecule has 0 bridgehead atoms. The number of amides is 4. The van der Waals surface area contributed by atoms with E-state index in [-0.39, 0.29) is 18.4 Å². The third kappa shape index (κ3) is 3.45. The van der Waals surface area contributed by atoms with Crippen LogP contribution in [0.15, 0.2) is 30.0 Å². The maximum absolute atomic E-state index is 13.2. The number of urea groups is 1. The van der Waals surface area contributed by atoms with E-state index in [0.29, 0.717) is 6.54 Å². The lowest BCUT2D eigenvalue weighted by Gasteiger charge is -2.28. The van der Waals surface area contributed by atoms with Crippen molar-refractivity contribution < 1.29 is 14.4 Å². The Kier molecular flexibility index (Phi) is 5.19. The van der Waals surface area contributed by atoms with Crippen LogP contribution in [0, 0.1) is 0 Å². The molecule has 1 atom stereocenters. The van der Waals surface area contributed by atoms with Gasteiger partial charge in [-0.25, -0.2) is 4.79 Å². The first-order valence-corrected chi connectivity index (χ1v) is 10.7. The maximum Gasteiger partial charge on any atom is 0.325 e. The minimum Gasteiger partial charge on any atom is -0.319 e. The fraction of sp³-hybridized carbons (Fsp3) is 0.522. The van der Waals surface area contributed by atoms with Crippen LogP contribution in [0.2, 0.25) is 0 Å². The van der Waals surface area contributed by atoms with Gasteiger partial charge in [-0.1, -0.05) is 24.3 Å². The van der Waals surface area contributed by atoms with Gasteiger partial charge in [0.15, 0.2) is 0 Å². The second kappa shape index (κ2) is 7.65. The van der Waals surface area contributed by atoms with Crippen molar-refractivity contribution in [2.75, 3.05) is 13.1 Å². The van der Waals surface area contributed by atoms with E-state index < -0.39 is 11.6 Å². The number of rotatable bonds is 5. The number of likely N-dealkylation sites (N-methyl/N-ethyl adjacent to an activating group) is 1. The van der Waals surface area contributed by atoms with Crippen LogP contribution in [0.5, 0.6) is 0 Å². The number of carbonyl (C=O) groups is 3. The summed E-state index contributed by atoms with van der Waals surface area (Å²) >= 11 is 0. The van der Waals surface area contributed by atoms with Crippen LogP contribution >= 0.6 is 0 Å². The van der Waals surface area contributed by atoms with E-state index in [1.807, 2.05) is 19.1 Å². The molecule has 1 fully saturated rings. The Bertz CT molecular complexity index is 891. The van der Waals surface area contributed by atoms with Crippen LogP contribution in [0.25, 0.3) is 0 Å². The van der Waals surface area contributed by atoms with Crippen molar-refractivity contribution in [2.45, 2.75) is 64.3 Å². The first kappa shape index (κ1) is 19.7. The van der Waals surface area contributed by atoms with Crippen molar-refractivity contribution in [3.05, 3.63) is 46.7 Å². The van der Waals surface area contributed by atoms with Crippen molar-refractivity contribution in [3.8, 4) is 0 Å². The summed E-state index contributed by atoms with van der Waals surface area (Å²) in [6.45, 7) is 3.97. The molecule has 4 rings (SSSR count). The molecule has 4 amide bonds. The minimum atomic E-state index is -1.13. The van der Waals surface area contributed by atoms with Gasteiger partial charge in [0.1, 0.15) is 12.1 Å². The molecule has 3 aliphatic rings. The highest BCUT2D eigenvalue weighted by atomic mass is 16.2. The molecule has 0 aromatic heterocycles. The Hall–Kier alpha value is -2.63. The van der Waals surface area contributed by atoms with E-state index in [2.05, 4.69) is 17.5 Å². The summed E-state index contributed by atoms with van der Waals surface area (Å²) in [7, 11) is 0. The van der Waals surface area contributed by atoms with Gasteiger partial charge in [0.05, 0.1) is 0 Å². The predicted octanol–water partition coefficient (Wildman–Crippen LogP) is 3.25. The lowest BCUT2D eigenvalue weighted by molar-refractivity contribution is -0.138. The highest BCUT2D eigenvalue weighted by Gasteiger charge is 2.50. The van der Waals surface area contributed by atoms with Crippen LogP contribution in [-0.2, 0) is 28.0 Å². The van der Waals surface area contributed by atoms with E-state index in [0.717, 1.165) is 61.1 Å². The van der Waals surface area contributed by atoms with Crippen LogP contribution in [0.3, 0.4) is 0 Å². The second-order valence-electron chi connectivity index (χ2n) is 8.36. The molecule has 0 radical (unpaired) electrons. The fourth-order valence-electron chi connectivity index (χ4n) is 4.75. The molecular weight excluding hydrogens is 366 g/mol. The molecule has 2 aliphatic carbocycles. The number of nitrogens with one attached hydrogen (secondary N) is 1. The lowest BCUT2D eigenvalue weighted by Crippen LogP contribution is -2.44. The summed E-state index contributed by atoms with van der Waals surface area (Å²) in [6.07, 6.45) is 9.34. The smallest absolute Gasteiger partial charge is 0.319 e. The van der Waals surface area contributed by atoms with Crippen molar-refractivity contribution >= 4 is 17.8 Å². The Labute approximate surface area is 171 Å². The standard InChI is InChI=1S/C23H29N3O3/c1-3-25(19-10-5-4-6-11-19)20(27)15-26-21(28)23(2,24-22(26)29)18-13-12-16-8-7-9-17(16)14-18/h10,12-14H,3-9,11,15H2,1-2H3,(H,24,29). The molecule has 0 saturated carbocycles. The van der Waals surface area contributed by atoms with Gasteiger partial charge >= 0.3 is 6.03 Å². The molecule has 0 spiro atoms. The largest absolute Gasteiger partial charge is 0.325 e. The van der Waals surface area contributed by atoms with Crippen LogP contribution in [0.4, 0.5) is 4.79 Å². The van der Waals surface area contributed by atoms with Gasteiger partial charge in [-0.3, -0.25) is 14.5 Å². The number of benzene rings is 1. The Morgan fingerprint density at radius 1 is 1.14 bits per heavy atom. The average Bonchev–Trinajstić information content (AvgIpc) is 3.28. The molecule has 1 aliphatic heterocycles. The van der Waals surface area contributed by atoms with Crippen molar-refractivity contribution in [1.82, 2.24) is 15.1 Å². The maximum atomic E-state index is 13.2. The number of imide groups is 1. The van der Waals surface area contributed by atoms with Crippen LogP contribution in [-0.4, -0.2) is 40.7 Å². The Morgan fingerprint density at radius 2 is 1.93 bits per heavy atom. The number of allylic oxidation sites excluding steroid dienone is 2. The third-order valence-electron chi connectivity index (χ3n) is 6.48. The van der Waals surface area contributed by atoms with Gasteiger partial charge < -0.3 is 10.2 Å². The third-order valence-corrected chi connectivity index (χ3v) is 6.48. The number of hydrogen-bond acceptors (Lipinski definition) is 3. The Balaban J connectivity index is 1.53. The molecule has 6 heteroatoms. The first-order valence-electron chi connectivity index (χ1n) is 10.7. The minimum absolute atomic E-state index is 0.206. The zero-order chi connectivity index (χ0) is 20.6. The van der Waals surface area contributed by atoms with Crippen molar-refractivity contribution in [3.63, 3.8) is 0 Å². The second-order valence-corrected chi connectivity index (χ2v) is 8.36. The van der Waals surface area contributed by atoms with E-state index in [1.54, 1.807) is 11.8 Å². The highest BCUT2D eigenvalue weighted by molar-refractivity contribution is 6.09. The summed E-state index contributed by atoms with van der Waals surface area (Å²) in [4.78, 5) is 41.6. The van der Waals surface area contributed by atoms with Crippen LogP contribution in [0.1, 0.15) is 62.6 Å². The number of hydrogen-bond donors (Lipinski definition) is 1. The summed E-state index contributed by atoms with van der Waals surface area (Å²) in [6, 6.07) is 5.53. The Morgan fingerprint density at radius 3 is 2.66 bits per heavy atom. The van der Waals surface area contributed by atoms with Crippen LogP contribution < -0.4 is 5.32 Å². The van der Waals surface area contributed by atoms with Gasteiger partial charge in [-0.15, -0.1) is 0 Å². The van der Waals surface area contributed by atoms with Gasteiger partial charge in [-0.05, 0) is 75.5 Å². The van der Waals surface area contributed by atoms with E-state index in [1.165, 1.54) is 11.1 Å². The molecule has 154 valence electrons. The summed E-state index contributed by atoms with van der Waals surface area (Å²) < 4.78 is 0. The van der Waals surface area contributed by atoms with Gasteiger partial charge in [0, 0.05) is 12.2 Å². The molecule has 1 N–H and O–H groups in total. The first-order chi connectivity index (χ1) is 13.9. The van der Waals surface area contributed by atoms with E-state index >= 15 is 0 Å². The lowest BCUT2D eigenvalue weighted by atomic mass is 9.89. The predicted molar refractivity (Wildman–Crippen MR) is 110 cm³/mol. The molecule has 1 heterocycles. The quantitative estimate of drug-likeness (QED) is 0.778. The molecule has 1 aromatic rings. The number of nitrogens with zero attached hydrogens (tertiary/aromatic N) is 2. The highest BCUT2D eigenvalue weighted by Crippen LogP contribution is 2.32. The van der Waals surface area contributed by atoms with Crippen molar-refractivity contribution in [1.29, 1.82) is 0 Å². The zero-order valence-electron chi connectivity index (χ0n) is 17.3. The molecule has 1 saturated heterocycles. The SMILES string of the molecule is CCN(C(=O)CN1C(=O)NC(C)(c2ccc3c(c2)CCC3)C1=O)C1=CCCCC1. The number of carbonyl (C=O) groups excluding carboxylic acids is 3. The molecule has 29 heavy (non-hydrogen) atoms. The summed E-state index contributed by atoms with van der Waals surface area (Å²) in [5.74, 6) is -0.565. The average molecular weight is 396 g/mol. The van der Waals surface area contributed by atoms with Gasteiger partial charge in [0.2, 0.25) is 5.91 Å². The number of fused-ring (bicyclic) bond motifs is 1. The molecule has 1 unspecified atom stereocenters. The van der Waals surface area contributed by atoms with Crippen molar-refractivity contribution in [2.24, 2.45) is 0 Å². The van der Waals surface area contributed by atoms with Gasteiger partial charge in [-0.2, -0.15) is 0 Å². The normalized spacial score (nSPS) is 23.7. The molecule has 1 aromatic carbocycles. The monoisotopic (exact) mass is 395 g/mol. The topological polar surface area (TPSA) is 69.7 Å².